The van der Waals surface area contributed by atoms with E-state index in [-0.39, 0.29) is 11.4 Å². The Morgan fingerprint density at radius 3 is 2.55 bits per heavy atom. The second-order valence-electron chi connectivity index (χ2n) is 7.26. The summed E-state index contributed by atoms with van der Waals surface area (Å²) in [6.07, 6.45) is 9.01. The Morgan fingerprint density at radius 1 is 1.23 bits per heavy atom. The summed E-state index contributed by atoms with van der Waals surface area (Å²) < 4.78 is 5.58. The molecule has 1 atom stereocenters. The molecule has 2 aliphatic heterocycles. The first-order chi connectivity index (χ1) is 10.7. The minimum Gasteiger partial charge on any atom is -0.381 e. The third-order valence-corrected chi connectivity index (χ3v) is 5.38. The molecule has 0 bridgehead atoms. The molecule has 2 fully saturated rings. The molecule has 0 aromatic rings. The van der Waals surface area contributed by atoms with Crippen molar-refractivity contribution in [2.75, 3.05) is 32.8 Å². The predicted octanol–water partition coefficient (Wildman–Crippen LogP) is 2.96. The van der Waals surface area contributed by atoms with Crippen LogP contribution in [0.5, 0.6) is 0 Å². The van der Waals surface area contributed by atoms with Gasteiger partial charge in [0.15, 0.2) is 0 Å². The lowest BCUT2D eigenvalue weighted by Gasteiger charge is -2.48. The molecule has 0 aromatic carbocycles. The van der Waals surface area contributed by atoms with Crippen LogP contribution in [0.1, 0.15) is 65.2 Å². The average Bonchev–Trinajstić information content (AvgIpc) is 2.55. The highest BCUT2D eigenvalue weighted by molar-refractivity contribution is 5.76. The van der Waals surface area contributed by atoms with E-state index in [0.717, 1.165) is 45.4 Å². The molecule has 1 amide bonds. The summed E-state index contributed by atoms with van der Waals surface area (Å²) in [6.45, 7) is 9.19. The molecule has 4 nitrogen and oxygen atoms in total. The third-order valence-electron chi connectivity index (χ3n) is 5.38. The van der Waals surface area contributed by atoms with Crippen molar-refractivity contribution in [3.63, 3.8) is 0 Å². The predicted molar refractivity (Wildman–Crippen MR) is 89.9 cm³/mol. The van der Waals surface area contributed by atoms with E-state index in [1.807, 2.05) is 0 Å². The van der Waals surface area contributed by atoms with Crippen LogP contribution in [0, 0.1) is 5.92 Å². The van der Waals surface area contributed by atoms with Crippen molar-refractivity contribution in [3.8, 4) is 0 Å². The van der Waals surface area contributed by atoms with Crippen molar-refractivity contribution in [2.24, 2.45) is 5.92 Å². The number of likely N-dealkylation sites (tertiary alicyclic amines) is 1. The Labute approximate surface area is 136 Å². The molecule has 1 N–H and O–H groups in total. The zero-order chi connectivity index (χ0) is 15.8. The molecule has 2 rings (SSSR count). The average molecular weight is 310 g/mol. The molecule has 2 heterocycles. The van der Waals surface area contributed by atoms with Gasteiger partial charge >= 0.3 is 0 Å². The number of carbonyl (C=O) groups excluding carboxylic acids is 1. The maximum Gasteiger partial charge on any atom is 0.220 e. The van der Waals surface area contributed by atoms with Crippen LogP contribution in [0.2, 0.25) is 0 Å². The number of hydrogen-bond acceptors (Lipinski definition) is 3. The van der Waals surface area contributed by atoms with Crippen LogP contribution >= 0.6 is 0 Å². The topological polar surface area (TPSA) is 41.6 Å². The fourth-order valence-electron chi connectivity index (χ4n) is 3.97. The molecule has 0 unspecified atom stereocenters. The van der Waals surface area contributed by atoms with Crippen molar-refractivity contribution < 1.29 is 9.53 Å². The van der Waals surface area contributed by atoms with Gasteiger partial charge in [-0.3, -0.25) is 9.69 Å². The SMILES string of the molecule is CCC[C@@H](C)CC(=O)NCC1(N2CCCCC2)CCOCC1. The van der Waals surface area contributed by atoms with Crippen molar-refractivity contribution >= 4 is 5.91 Å². The van der Waals surface area contributed by atoms with E-state index in [2.05, 4.69) is 24.1 Å². The van der Waals surface area contributed by atoms with Crippen LogP contribution in [0.4, 0.5) is 0 Å². The molecule has 4 heteroatoms. The Balaban J connectivity index is 1.88. The highest BCUT2D eigenvalue weighted by Gasteiger charge is 2.39. The van der Waals surface area contributed by atoms with Crippen LogP contribution in [0.15, 0.2) is 0 Å². The van der Waals surface area contributed by atoms with E-state index in [0.29, 0.717) is 12.3 Å². The van der Waals surface area contributed by atoms with Crippen LogP contribution in [0.25, 0.3) is 0 Å². The Kier molecular flexibility index (Phi) is 7.16. The van der Waals surface area contributed by atoms with E-state index >= 15 is 0 Å². The molecule has 0 aromatic heterocycles. The Morgan fingerprint density at radius 2 is 1.91 bits per heavy atom. The van der Waals surface area contributed by atoms with Crippen LogP contribution < -0.4 is 5.32 Å². The maximum atomic E-state index is 12.2. The number of hydrogen-bond donors (Lipinski definition) is 1. The number of nitrogens with zero attached hydrogens (tertiary/aromatic N) is 1. The minimum absolute atomic E-state index is 0.141. The van der Waals surface area contributed by atoms with Crippen LogP contribution in [-0.2, 0) is 9.53 Å². The van der Waals surface area contributed by atoms with Gasteiger partial charge in [-0.25, -0.2) is 0 Å². The van der Waals surface area contributed by atoms with Gasteiger partial charge in [0.25, 0.3) is 0 Å². The van der Waals surface area contributed by atoms with Crippen LogP contribution in [0.3, 0.4) is 0 Å². The molecular formula is C18H34N2O2. The highest BCUT2D eigenvalue weighted by atomic mass is 16.5. The van der Waals surface area contributed by atoms with Crippen molar-refractivity contribution in [2.45, 2.75) is 70.8 Å². The molecule has 22 heavy (non-hydrogen) atoms. The second-order valence-corrected chi connectivity index (χ2v) is 7.26. The summed E-state index contributed by atoms with van der Waals surface area (Å²) in [5.41, 5.74) is 0.141. The fourth-order valence-corrected chi connectivity index (χ4v) is 3.97. The molecule has 0 radical (unpaired) electrons. The lowest BCUT2D eigenvalue weighted by atomic mass is 9.86. The normalized spacial score (nSPS) is 23.9. The summed E-state index contributed by atoms with van der Waals surface area (Å²) in [4.78, 5) is 14.9. The summed E-state index contributed by atoms with van der Waals surface area (Å²) in [7, 11) is 0. The summed E-state index contributed by atoms with van der Waals surface area (Å²) >= 11 is 0. The zero-order valence-electron chi connectivity index (χ0n) is 14.5. The van der Waals surface area contributed by atoms with Gasteiger partial charge in [0.05, 0.1) is 0 Å². The number of nitrogens with one attached hydrogen (secondary N) is 1. The standard InChI is InChI=1S/C18H34N2O2/c1-3-7-16(2)14-17(21)19-15-18(8-12-22-13-9-18)20-10-5-4-6-11-20/h16H,3-15H2,1-2H3,(H,19,21)/t16-/m1/s1. The highest BCUT2D eigenvalue weighted by Crippen LogP contribution is 2.30. The maximum absolute atomic E-state index is 12.2. The van der Waals surface area contributed by atoms with Gasteiger partial charge in [-0.2, -0.15) is 0 Å². The number of amides is 1. The van der Waals surface area contributed by atoms with Gasteiger partial charge in [0.1, 0.15) is 0 Å². The lowest BCUT2D eigenvalue weighted by Crippen LogP contribution is -2.59. The van der Waals surface area contributed by atoms with Crippen molar-refractivity contribution in [1.29, 1.82) is 0 Å². The van der Waals surface area contributed by atoms with Gasteiger partial charge in [0.2, 0.25) is 5.91 Å². The van der Waals surface area contributed by atoms with Crippen LogP contribution in [-0.4, -0.2) is 49.2 Å². The van der Waals surface area contributed by atoms with Crippen molar-refractivity contribution in [1.82, 2.24) is 10.2 Å². The van der Waals surface area contributed by atoms with E-state index in [1.54, 1.807) is 0 Å². The quantitative estimate of drug-likeness (QED) is 0.786. The van der Waals surface area contributed by atoms with E-state index < -0.39 is 0 Å². The Hall–Kier alpha value is -0.610. The molecule has 2 aliphatic rings. The lowest BCUT2D eigenvalue weighted by molar-refractivity contribution is -0.123. The van der Waals surface area contributed by atoms with Gasteiger partial charge in [0, 0.05) is 31.7 Å². The van der Waals surface area contributed by atoms with E-state index in [4.69, 9.17) is 4.74 Å². The first-order valence-corrected chi connectivity index (χ1v) is 9.26. The minimum atomic E-state index is 0.141. The number of rotatable bonds is 7. The van der Waals surface area contributed by atoms with Gasteiger partial charge in [-0.05, 0) is 44.7 Å². The smallest absolute Gasteiger partial charge is 0.220 e. The molecular weight excluding hydrogens is 276 g/mol. The van der Waals surface area contributed by atoms with E-state index in [1.165, 1.54) is 32.4 Å². The van der Waals surface area contributed by atoms with Gasteiger partial charge in [-0.1, -0.05) is 33.1 Å². The molecule has 0 spiro atoms. The fraction of sp³-hybridized carbons (Fsp3) is 0.944. The molecule has 0 aliphatic carbocycles. The van der Waals surface area contributed by atoms with E-state index in [9.17, 15) is 4.79 Å². The first kappa shape index (κ1) is 17.7. The summed E-state index contributed by atoms with van der Waals surface area (Å²) in [6, 6.07) is 0. The zero-order valence-corrected chi connectivity index (χ0v) is 14.5. The molecule has 0 saturated carbocycles. The number of piperidine rings is 1. The number of carbonyl (C=O) groups is 1. The monoisotopic (exact) mass is 310 g/mol. The van der Waals surface area contributed by atoms with Gasteiger partial charge < -0.3 is 10.1 Å². The van der Waals surface area contributed by atoms with Crippen molar-refractivity contribution in [3.05, 3.63) is 0 Å². The molecule has 2 saturated heterocycles. The first-order valence-electron chi connectivity index (χ1n) is 9.26. The second kappa shape index (κ2) is 8.88. The van der Waals surface area contributed by atoms with Gasteiger partial charge in [-0.15, -0.1) is 0 Å². The molecule has 128 valence electrons. The third kappa shape index (κ3) is 4.95. The number of ether oxygens (including phenoxy) is 1. The largest absolute Gasteiger partial charge is 0.381 e. The summed E-state index contributed by atoms with van der Waals surface area (Å²) in [5.74, 6) is 0.717. The summed E-state index contributed by atoms with van der Waals surface area (Å²) in [5, 5.41) is 3.24. The Bertz CT molecular complexity index is 334.